The van der Waals surface area contributed by atoms with Gasteiger partial charge in [-0.3, -0.25) is 9.88 Å². The fourth-order valence-corrected chi connectivity index (χ4v) is 5.94. The average Bonchev–Trinajstić information content (AvgIpc) is 2.74. The molecule has 0 unspecified atom stereocenters. The summed E-state index contributed by atoms with van der Waals surface area (Å²) in [4.78, 5) is 11.5. The number of pyridine rings is 2. The molecule has 1 saturated heterocycles. The summed E-state index contributed by atoms with van der Waals surface area (Å²) in [6, 6.07) is 14.0. The second kappa shape index (κ2) is 7.89. The highest BCUT2D eigenvalue weighted by atomic mass is 35.5. The van der Waals surface area contributed by atoms with Crippen LogP contribution in [0.4, 0.5) is 11.5 Å². The molecule has 0 saturated carbocycles. The van der Waals surface area contributed by atoms with Gasteiger partial charge in [0.25, 0.3) is 0 Å². The standard InChI is InChI=1S/C23H23ClN4O2S/c1-15-5-7-21(25-11-15)23-19(24)6-8-22(27-23)26-20-4-2-3-16-12-28(10-9-18(16)20)17-13-31(29,30)14-17/h2-8,11,17H,9-10,12-14H2,1H3,(H,26,27). The smallest absolute Gasteiger partial charge is 0.153 e. The maximum absolute atomic E-state index is 11.6. The van der Waals surface area contributed by atoms with Crippen LogP contribution in [0, 0.1) is 6.92 Å². The summed E-state index contributed by atoms with van der Waals surface area (Å²) in [6.45, 7) is 3.63. The molecule has 1 N–H and O–H groups in total. The van der Waals surface area contributed by atoms with E-state index in [4.69, 9.17) is 16.6 Å². The monoisotopic (exact) mass is 454 g/mol. The van der Waals surface area contributed by atoms with Gasteiger partial charge < -0.3 is 5.32 Å². The van der Waals surface area contributed by atoms with Crippen molar-refractivity contribution in [3.63, 3.8) is 0 Å². The summed E-state index contributed by atoms with van der Waals surface area (Å²) in [7, 11) is -2.82. The number of halogens is 1. The number of benzene rings is 1. The van der Waals surface area contributed by atoms with E-state index >= 15 is 0 Å². The first-order valence-corrected chi connectivity index (χ1v) is 12.5. The van der Waals surface area contributed by atoms with Gasteiger partial charge in [-0.05, 0) is 54.3 Å². The Labute approximate surface area is 187 Å². The minimum atomic E-state index is -2.82. The van der Waals surface area contributed by atoms with Crippen molar-refractivity contribution in [2.24, 2.45) is 0 Å². The van der Waals surface area contributed by atoms with E-state index < -0.39 is 9.84 Å². The second-order valence-electron chi connectivity index (χ2n) is 8.27. The highest BCUT2D eigenvalue weighted by Gasteiger charge is 2.38. The number of nitrogens with zero attached hydrogens (tertiary/aromatic N) is 3. The molecule has 2 aliphatic heterocycles. The molecule has 0 aliphatic carbocycles. The Bertz CT molecular complexity index is 1230. The van der Waals surface area contributed by atoms with Gasteiger partial charge >= 0.3 is 0 Å². The highest BCUT2D eigenvalue weighted by Crippen LogP contribution is 2.32. The van der Waals surface area contributed by atoms with E-state index in [1.807, 2.05) is 37.3 Å². The van der Waals surface area contributed by atoms with Crippen molar-refractivity contribution in [3.8, 4) is 11.4 Å². The van der Waals surface area contributed by atoms with Crippen molar-refractivity contribution < 1.29 is 8.42 Å². The molecule has 3 aromatic rings. The molecule has 0 spiro atoms. The van der Waals surface area contributed by atoms with Crippen molar-refractivity contribution in [1.29, 1.82) is 0 Å². The summed E-state index contributed by atoms with van der Waals surface area (Å²) in [5, 5.41) is 4.01. The van der Waals surface area contributed by atoms with Gasteiger partial charge in [-0.25, -0.2) is 13.4 Å². The van der Waals surface area contributed by atoms with Gasteiger partial charge in [-0.15, -0.1) is 0 Å². The summed E-state index contributed by atoms with van der Waals surface area (Å²) in [5.41, 5.74) is 5.98. The molecule has 0 amide bonds. The van der Waals surface area contributed by atoms with Gasteiger partial charge in [-0.2, -0.15) is 0 Å². The second-order valence-corrected chi connectivity index (χ2v) is 10.8. The molecule has 5 rings (SSSR count). The lowest BCUT2D eigenvalue weighted by molar-refractivity contribution is 0.196. The first kappa shape index (κ1) is 20.4. The third kappa shape index (κ3) is 4.18. The van der Waals surface area contributed by atoms with Crippen LogP contribution in [0.2, 0.25) is 5.02 Å². The maximum atomic E-state index is 11.6. The van der Waals surface area contributed by atoms with Gasteiger partial charge in [0.05, 0.1) is 22.2 Å². The van der Waals surface area contributed by atoms with Gasteiger partial charge in [0.15, 0.2) is 9.84 Å². The third-order valence-electron chi connectivity index (χ3n) is 5.97. The molecule has 2 aromatic heterocycles. The zero-order chi connectivity index (χ0) is 21.6. The number of aromatic nitrogens is 2. The maximum Gasteiger partial charge on any atom is 0.153 e. The largest absolute Gasteiger partial charge is 0.340 e. The first-order chi connectivity index (χ1) is 14.9. The molecule has 0 bridgehead atoms. The zero-order valence-corrected chi connectivity index (χ0v) is 18.7. The van der Waals surface area contributed by atoms with Crippen LogP contribution in [0.1, 0.15) is 16.7 Å². The van der Waals surface area contributed by atoms with Crippen LogP contribution in [-0.4, -0.2) is 47.4 Å². The minimum absolute atomic E-state index is 0.150. The number of hydrogen-bond acceptors (Lipinski definition) is 6. The number of hydrogen-bond donors (Lipinski definition) is 1. The normalized spacial score (nSPS) is 18.3. The first-order valence-electron chi connectivity index (χ1n) is 10.3. The molecule has 0 radical (unpaired) electrons. The number of anilines is 2. The lowest BCUT2D eigenvalue weighted by Crippen LogP contribution is -2.54. The Hall–Kier alpha value is -2.48. The molecule has 2 aliphatic rings. The SMILES string of the molecule is Cc1ccc(-c2nc(Nc3cccc4c3CCN(C3CS(=O)(=O)C3)C4)ccc2Cl)nc1. The van der Waals surface area contributed by atoms with E-state index in [0.29, 0.717) is 16.5 Å². The van der Waals surface area contributed by atoms with Crippen LogP contribution < -0.4 is 5.32 Å². The fourth-order valence-electron chi connectivity index (χ4n) is 4.25. The number of aryl methyl sites for hydroxylation is 1. The molecule has 8 heteroatoms. The van der Waals surface area contributed by atoms with Crippen LogP contribution in [0.5, 0.6) is 0 Å². The Balaban J connectivity index is 1.38. The van der Waals surface area contributed by atoms with E-state index in [-0.39, 0.29) is 17.5 Å². The number of rotatable bonds is 4. The third-order valence-corrected chi connectivity index (χ3v) is 8.06. The van der Waals surface area contributed by atoms with Gasteiger partial charge in [0.2, 0.25) is 0 Å². The van der Waals surface area contributed by atoms with E-state index in [0.717, 1.165) is 36.5 Å². The van der Waals surface area contributed by atoms with Crippen molar-refractivity contribution in [3.05, 3.63) is 70.4 Å². The van der Waals surface area contributed by atoms with Crippen molar-refractivity contribution >= 4 is 32.9 Å². The molecule has 0 atom stereocenters. The van der Waals surface area contributed by atoms with E-state index in [1.165, 1.54) is 11.1 Å². The van der Waals surface area contributed by atoms with E-state index in [2.05, 4.69) is 27.3 Å². The van der Waals surface area contributed by atoms with Crippen molar-refractivity contribution in [1.82, 2.24) is 14.9 Å². The number of sulfone groups is 1. The summed E-state index contributed by atoms with van der Waals surface area (Å²) in [6.07, 6.45) is 2.68. The number of nitrogens with one attached hydrogen (secondary N) is 1. The predicted molar refractivity (Wildman–Crippen MR) is 123 cm³/mol. The quantitative estimate of drug-likeness (QED) is 0.642. The number of fused-ring (bicyclic) bond motifs is 1. The summed E-state index contributed by atoms with van der Waals surface area (Å²) < 4.78 is 23.1. The molecule has 6 nitrogen and oxygen atoms in total. The molecule has 4 heterocycles. The molecule has 160 valence electrons. The Kier molecular flexibility index (Phi) is 5.20. The lowest BCUT2D eigenvalue weighted by atomic mass is 9.96. The summed E-state index contributed by atoms with van der Waals surface area (Å²) in [5.74, 6) is 1.28. The Morgan fingerprint density at radius 1 is 1.13 bits per heavy atom. The molecular weight excluding hydrogens is 432 g/mol. The highest BCUT2D eigenvalue weighted by molar-refractivity contribution is 7.92. The lowest BCUT2D eigenvalue weighted by Gasteiger charge is -2.40. The predicted octanol–water partition coefficient (Wildman–Crippen LogP) is 4.00. The molecule has 1 aromatic carbocycles. The van der Waals surface area contributed by atoms with Crippen LogP contribution in [0.25, 0.3) is 11.4 Å². The Morgan fingerprint density at radius 3 is 2.71 bits per heavy atom. The van der Waals surface area contributed by atoms with E-state index in [9.17, 15) is 8.42 Å². The van der Waals surface area contributed by atoms with E-state index in [1.54, 1.807) is 6.20 Å². The van der Waals surface area contributed by atoms with Gasteiger partial charge in [0.1, 0.15) is 11.5 Å². The minimum Gasteiger partial charge on any atom is -0.340 e. The summed E-state index contributed by atoms with van der Waals surface area (Å²) >= 11 is 6.40. The van der Waals surface area contributed by atoms with Crippen molar-refractivity contribution in [2.75, 3.05) is 23.4 Å². The topological polar surface area (TPSA) is 75.2 Å². The van der Waals surface area contributed by atoms with Crippen LogP contribution in [0.3, 0.4) is 0 Å². The van der Waals surface area contributed by atoms with Crippen LogP contribution >= 0.6 is 11.6 Å². The van der Waals surface area contributed by atoms with Crippen LogP contribution in [-0.2, 0) is 22.8 Å². The average molecular weight is 455 g/mol. The molecule has 31 heavy (non-hydrogen) atoms. The van der Waals surface area contributed by atoms with Gasteiger partial charge in [-0.1, -0.05) is 29.8 Å². The van der Waals surface area contributed by atoms with Gasteiger partial charge in [0, 0.05) is 31.0 Å². The fraction of sp³-hybridized carbons (Fsp3) is 0.304. The molecule has 1 fully saturated rings. The van der Waals surface area contributed by atoms with Crippen LogP contribution in [0.15, 0.2) is 48.7 Å². The molecular formula is C23H23ClN4O2S. The zero-order valence-electron chi connectivity index (χ0n) is 17.2. The Morgan fingerprint density at radius 2 is 1.97 bits per heavy atom. The van der Waals surface area contributed by atoms with Crippen molar-refractivity contribution in [2.45, 2.75) is 25.9 Å².